The predicted molar refractivity (Wildman–Crippen MR) is 91.4 cm³/mol. The lowest BCUT2D eigenvalue weighted by Gasteiger charge is -2.27. The largest absolute Gasteiger partial charge is 0.384 e. The highest BCUT2D eigenvalue weighted by Crippen LogP contribution is 2.26. The van der Waals surface area contributed by atoms with Crippen LogP contribution in [0, 0.1) is 0 Å². The van der Waals surface area contributed by atoms with Crippen molar-refractivity contribution < 1.29 is 9.53 Å². The summed E-state index contributed by atoms with van der Waals surface area (Å²) in [5, 5.41) is 4.01. The second kappa shape index (κ2) is 7.52. The molecule has 1 aliphatic heterocycles. The van der Waals surface area contributed by atoms with Gasteiger partial charge in [-0.2, -0.15) is 4.37 Å². The summed E-state index contributed by atoms with van der Waals surface area (Å²) in [5.74, 6) is 0.980. The lowest BCUT2D eigenvalue weighted by Crippen LogP contribution is -2.35. The molecule has 0 spiro atoms. The maximum absolute atomic E-state index is 12.0. The molecule has 23 heavy (non-hydrogen) atoms. The van der Waals surface area contributed by atoms with Crippen LogP contribution >= 0.6 is 11.5 Å². The molecule has 0 bridgehead atoms. The number of rotatable bonds is 6. The molecule has 1 fully saturated rings. The van der Waals surface area contributed by atoms with E-state index in [9.17, 15) is 4.79 Å². The van der Waals surface area contributed by atoms with E-state index in [1.54, 1.807) is 7.11 Å². The first-order valence-electron chi connectivity index (χ1n) is 7.75. The number of nitrogens with zero attached hydrogens (tertiary/aromatic N) is 3. The Kier molecular flexibility index (Phi) is 5.19. The number of carbonyl (C=O) groups excluding carboxylic acids is 1. The normalized spacial score (nSPS) is 15.0. The number of anilines is 3. The van der Waals surface area contributed by atoms with E-state index in [1.807, 2.05) is 29.2 Å². The van der Waals surface area contributed by atoms with E-state index in [4.69, 9.17) is 4.74 Å². The van der Waals surface area contributed by atoms with Gasteiger partial charge >= 0.3 is 0 Å². The molecule has 0 saturated carbocycles. The number of ether oxygens (including phenoxy) is 1. The molecule has 1 N–H and O–H groups in total. The second-order valence-electron chi connectivity index (χ2n) is 5.44. The van der Waals surface area contributed by atoms with Crippen molar-refractivity contribution in [2.75, 3.05) is 30.5 Å². The minimum Gasteiger partial charge on any atom is -0.384 e. The van der Waals surface area contributed by atoms with Gasteiger partial charge in [0.25, 0.3) is 0 Å². The number of methoxy groups -OCH3 is 1. The SMILES string of the molecule is COCCc1nsc(Nc2cccc(N3CCCCC3=O)c2)n1. The Bertz CT molecular complexity index is 674. The Balaban J connectivity index is 1.70. The van der Waals surface area contributed by atoms with E-state index in [2.05, 4.69) is 14.7 Å². The summed E-state index contributed by atoms with van der Waals surface area (Å²) in [6.07, 6.45) is 3.39. The van der Waals surface area contributed by atoms with Crippen LogP contribution in [0.4, 0.5) is 16.5 Å². The summed E-state index contributed by atoms with van der Waals surface area (Å²) in [6.45, 7) is 1.41. The van der Waals surface area contributed by atoms with Crippen molar-refractivity contribution in [2.45, 2.75) is 25.7 Å². The fraction of sp³-hybridized carbons (Fsp3) is 0.438. The molecule has 7 heteroatoms. The highest BCUT2D eigenvalue weighted by atomic mass is 32.1. The maximum atomic E-state index is 12.0. The summed E-state index contributed by atoms with van der Waals surface area (Å²) in [5.41, 5.74) is 1.85. The van der Waals surface area contributed by atoms with Crippen molar-refractivity contribution in [3.05, 3.63) is 30.1 Å². The van der Waals surface area contributed by atoms with E-state index in [1.165, 1.54) is 11.5 Å². The van der Waals surface area contributed by atoms with Gasteiger partial charge in [-0.15, -0.1) is 0 Å². The molecule has 122 valence electrons. The zero-order chi connectivity index (χ0) is 16.1. The van der Waals surface area contributed by atoms with Crippen LogP contribution < -0.4 is 10.2 Å². The third-order valence-corrected chi connectivity index (χ3v) is 4.40. The number of benzene rings is 1. The fourth-order valence-electron chi connectivity index (χ4n) is 2.55. The van der Waals surface area contributed by atoms with Crippen LogP contribution in [0.15, 0.2) is 24.3 Å². The summed E-state index contributed by atoms with van der Waals surface area (Å²) in [7, 11) is 1.67. The van der Waals surface area contributed by atoms with Gasteiger partial charge in [0, 0.05) is 49.4 Å². The van der Waals surface area contributed by atoms with Crippen molar-refractivity contribution in [1.29, 1.82) is 0 Å². The molecule has 1 aliphatic rings. The third-order valence-electron chi connectivity index (χ3n) is 3.73. The Hall–Kier alpha value is -1.99. The van der Waals surface area contributed by atoms with Crippen molar-refractivity contribution in [2.24, 2.45) is 0 Å². The molecule has 0 atom stereocenters. The number of hydrogen-bond acceptors (Lipinski definition) is 6. The van der Waals surface area contributed by atoms with Gasteiger partial charge in [-0.25, -0.2) is 4.98 Å². The zero-order valence-corrected chi connectivity index (χ0v) is 13.9. The minimum absolute atomic E-state index is 0.200. The monoisotopic (exact) mass is 332 g/mol. The third kappa shape index (κ3) is 4.05. The molecule has 1 saturated heterocycles. The molecule has 0 radical (unpaired) electrons. The molecule has 1 aromatic carbocycles. The van der Waals surface area contributed by atoms with Crippen molar-refractivity contribution >= 4 is 33.9 Å². The number of carbonyl (C=O) groups is 1. The Morgan fingerprint density at radius 2 is 2.30 bits per heavy atom. The van der Waals surface area contributed by atoms with Crippen LogP contribution in [0.25, 0.3) is 0 Å². The van der Waals surface area contributed by atoms with Crippen LogP contribution in [-0.2, 0) is 16.0 Å². The molecule has 0 aliphatic carbocycles. The number of hydrogen-bond donors (Lipinski definition) is 1. The Labute approximate surface area is 139 Å². The standard InChI is InChI=1S/C16H20N4O2S/c1-22-10-8-14-18-16(23-19-14)17-12-5-4-6-13(11-12)20-9-3-2-7-15(20)21/h4-6,11H,2-3,7-10H2,1H3,(H,17,18,19). The number of piperidine rings is 1. The van der Waals surface area contributed by atoms with E-state index >= 15 is 0 Å². The van der Waals surface area contributed by atoms with Crippen molar-refractivity contribution in [3.63, 3.8) is 0 Å². The minimum atomic E-state index is 0.200. The van der Waals surface area contributed by atoms with E-state index in [-0.39, 0.29) is 5.91 Å². The predicted octanol–water partition coefficient (Wildman–Crippen LogP) is 2.99. The van der Waals surface area contributed by atoms with Gasteiger partial charge in [-0.05, 0) is 31.0 Å². The van der Waals surface area contributed by atoms with Gasteiger partial charge < -0.3 is 15.0 Å². The topological polar surface area (TPSA) is 67.3 Å². The van der Waals surface area contributed by atoms with E-state index in [0.29, 0.717) is 19.4 Å². The van der Waals surface area contributed by atoms with E-state index in [0.717, 1.165) is 41.7 Å². The molecule has 1 amide bonds. The Morgan fingerprint density at radius 3 is 3.13 bits per heavy atom. The van der Waals surface area contributed by atoms with Gasteiger partial charge in [-0.1, -0.05) is 6.07 Å². The van der Waals surface area contributed by atoms with Crippen LogP contribution in [0.3, 0.4) is 0 Å². The average Bonchev–Trinajstić information content (AvgIpc) is 3.01. The molecule has 1 aromatic heterocycles. The van der Waals surface area contributed by atoms with Gasteiger partial charge in [-0.3, -0.25) is 4.79 Å². The number of aromatic nitrogens is 2. The lowest BCUT2D eigenvalue weighted by molar-refractivity contribution is -0.119. The second-order valence-corrected chi connectivity index (χ2v) is 6.19. The first-order valence-corrected chi connectivity index (χ1v) is 8.52. The van der Waals surface area contributed by atoms with Crippen LogP contribution in [0.2, 0.25) is 0 Å². The van der Waals surface area contributed by atoms with Gasteiger partial charge in [0.1, 0.15) is 5.82 Å². The van der Waals surface area contributed by atoms with Crippen molar-refractivity contribution in [1.82, 2.24) is 9.36 Å². The zero-order valence-electron chi connectivity index (χ0n) is 13.1. The van der Waals surface area contributed by atoms with Gasteiger partial charge in [0.05, 0.1) is 6.61 Å². The molecule has 3 rings (SSSR count). The first kappa shape index (κ1) is 15.9. The molecule has 0 unspecified atom stereocenters. The van der Waals surface area contributed by atoms with E-state index < -0.39 is 0 Å². The average molecular weight is 332 g/mol. The van der Waals surface area contributed by atoms with Crippen molar-refractivity contribution in [3.8, 4) is 0 Å². The first-order chi connectivity index (χ1) is 11.3. The summed E-state index contributed by atoms with van der Waals surface area (Å²) >= 11 is 1.33. The lowest BCUT2D eigenvalue weighted by atomic mass is 10.1. The summed E-state index contributed by atoms with van der Waals surface area (Å²) in [6, 6.07) is 7.87. The van der Waals surface area contributed by atoms with Gasteiger partial charge in [0.2, 0.25) is 11.0 Å². The summed E-state index contributed by atoms with van der Waals surface area (Å²) < 4.78 is 9.33. The molecular formula is C16H20N4O2S. The molecular weight excluding hydrogens is 312 g/mol. The molecule has 2 heterocycles. The Morgan fingerprint density at radius 1 is 1.39 bits per heavy atom. The summed E-state index contributed by atoms with van der Waals surface area (Å²) in [4.78, 5) is 18.3. The maximum Gasteiger partial charge on any atom is 0.226 e. The highest BCUT2D eigenvalue weighted by molar-refractivity contribution is 7.09. The highest BCUT2D eigenvalue weighted by Gasteiger charge is 2.19. The smallest absolute Gasteiger partial charge is 0.226 e. The van der Waals surface area contributed by atoms with Crippen LogP contribution in [-0.4, -0.2) is 35.5 Å². The number of amides is 1. The molecule has 6 nitrogen and oxygen atoms in total. The quantitative estimate of drug-likeness (QED) is 0.881. The molecule has 2 aromatic rings. The van der Waals surface area contributed by atoms with Crippen LogP contribution in [0.1, 0.15) is 25.1 Å². The van der Waals surface area contributed by atoms with Gasteiger partial charge in [0.15, 0.2) is 0 Å². The number of nitrogens with one attached hydrogen (secondary N) is 1. The van der Waals surface area contributed by atoms with Crippen LogP contribution in [0.5, 0.6) is 0 Å². The fourth-order valence-corrected chi connectivity index (χ4v) is 3.19.